The number of hydrogen-bond acceptors (Lipinski definition) is 6. The number of hydrogen-bond donors (Lipinski definition) is 3. The number of aliphatic carboxylic acids is 1. The average molecular weight is 298 g/mol. The van der Waals surface area contributed by atoms with Gasteiger partial charge < -0.3 is 20.7 Å². The van der Waals surface area contributed by atoms with Crippen molar-refractivity contribution < 1.29 is 24.4 Å². The number of nitrogens with zero attached hydrogens (tertiary/aromatic N) is 2. The second-order valence-electron chi connectivity index (χ2n) is 3.88. The lowest BCUT2D eigenvalue weighted by Crippen LogP contribution is -2.43. The first-order valence-electron chi connectivity index (χ1n) is 5.39. The molecule has 0 spiro atoms. The molecule has 0 bridgehead atoms. The Hall–Kier alpha value is -3.24. The molecule has 11 nitrogen and oxygen atoms in total. The molecule has 1 aromatic rings. The molecule has 1 heterocycles. The molecular formula is C10H10N4O7. The average Bonchev–Trinajstić information content (AvgIpc) is 2.36. The fraction of sp³-hybridized carbons (Fsp3) is 0.200. The maximum Gasteiger partial charge on any atom is 0.323 e. The monoisotopic (exact) mass is 298 g/mol. The highest BCUT2D eigenvalue weighted by Crippen LogP contribution is 2.10. The molecule has 1 rings (SSSR count). The number of carboxylic acid groups (broad SMARTS) is 1. The van der Waals surface area contributed by atoms with Gasteiger partial charge in [-0.05, 0) is 0 Å². The van der Waals surface area contributed by atoms with Gasteiger partial charge in [-0.3, -0.25) is 29.3 Å². The summed E-state index contributed by atoms with van der Waals surface area (Å²) in [4.78, 5) is 57.3. The number of amides is 2. The van der Waals surface area contributed by atoms with Crippen LogP contribution >= 0.6 is 0 Å². The Bertz CT molecular complexity index is 650. The smallest absolute Gasteiger partial charge is 0.323 e. The molecule has 0 saturated heterocycles. The van der Waals surface area contributed by atoms with Gasteiger partial charge in [0, 0.05) is 6.07 Å². The third kappa shape index (κ3) is 4.12. The largest absolute Gasteiger partial charge is 0.480 e. The van der Waals surface area contributed by atoms with Crippen molar-refractivity contribution in [1.29, 1.82) is 0 Å². The van der Waals surface area contributed by atoms with E-state index in [1.807, 2.05) is 4.98 Å². The summed E-state index contributed by atoms with van der Waals surface area (Å²) < 4.78 is 0. The summed E-state index contributed by atoms with van der Waals surface area (Å²) in [6, 6.07) is 0.691. The van der Waals surface area contributed by atoms with Gasteiger partial charge in [0.25, 0.3) is 17.2 Å². The molecule has 0 radical (unpaired) electrons. The lowest BCUT2D eigenvalue weighted by Gasteiger charge is -2.18. The molecule has 21 heavy (non-hydrogen) atoms. The van der Waals surface area contributed by atoms with Gasteiger partial charge in [-0.1, -0.05) is 0 Å². The summed E-state index contributed by atoms with van der Waals surface area (Å²) in [5, 5.41) is 19.3. The Morgan fingerprint density at radius 3 is 2.48 bits per heavy atom. The SMILES string of the molecule is NC(=O)CN(CC(=O)O)C(=O)c1cc([N+](=O)[O-])c[nH]c1=O. The van der Waals surface area contributed by atoms with E-state index in [0.717, 1.165) is 6.20 Å². The highest BCUT2D eigenvalue weighted by molar-refractivity contribution is 5.98. The summed E-state index contributed by atoms with van der Waals surface area (Å²) in [5.41, 5.74) is 2.70. The molecule has 0 aliphatic heterocycles. The number of nitro groups is 1. The number of nitrogens with one attached hydrogen (secondary N) is 1. The van der Waals surface area contributed by atoms with Gasteiger partial charge in [0.2, 0.25) is 5.91 Å². The molecule has 0 saturated carbocycles. The summed E-state index contributed by atoms with van der Waals surface area (Å²) in [6.07, 6.45) is 0.786. The summed E-state index contributed by atoms with van der Waals surface area (Å²) >= 11 is 0. The zero-order valence-electron chi connectivity index (χ0n) is 10.4. The molecule has 0 unspecified atom stereocenters. The molecule has 2 amide bonds. The zero-order chi connectivity index (χ0) is 16.2. The molecule has 0 aliphatic rings. The molecule has 11 heteroatoms. The maximum absolute atomic E-state index is 12.0. The molecule has 0 atom stereocenters. The van der Waals surface area contributed by atoms with Gasteiger partial charge in [0.15, 0.2) is 0 Å². The number of nitrogens with two attached hydrogens (primary N) is 1. The Kier molecular flexibility index (Phi) is 4.72. The maximum atomic E-state index is 12.0. The second kappa shape index (κ2) is 6.27. The van der Waals surface area contributed by atoms with E-state index >= 15 is 0 Å². The molecule has 0 fully saturated rings. The topological polar surface area (TPSA) is 177 Å². The molecule has 112 valence electrons. The lowest BCUT2D eigenvalue weighted by atomic mass is 10.2. The molecule has 0 aliphatic carbocycles. The number of carbonyl (C=O) groups excluding carboxylic acids is 2. The van der Waals surface area contributed by atoms with Crippen molar-refractivity contribution in [2.45, 2.75) is 0 Å². The predicted molar refractivity (Wildman–Crippen MR) is 66.5 cm³/mol. The zero-order valence-corrected chi connectivity index (χ0v) is 10.4. The van der Waals surface area contributed by atoms with E-state index in [9.17, 15) is 29.3 Å². The normalized spacial score (nSPS) is 9.90. The Morgan fingerprint density at radius 2 is 2.00 bits per heavy atom. The molecule has 0 aromatic carbocycles. The lowest BCUT2D eigenvalue weighted by molar-refractivity contribution is -0.385. The third-order valence-corrected chi connectivity index (χ3v) is 2.29. The van der Waals surface area contributed by atoms with Crippen LogP contribution in [0.2, 0.25) is 0 Å². The van der Waals surface area contributed by atoms with Crippen molar-refractivity contribution in [2.75, 3.05) is 13.1 Å². The van der Waals surface area contributed by atoms with Gasteiger partial charge in [0.1, 0.15) is 18.7 Å². The first-order chi connectivity index (χ1) is 9.72. The van der Waals surface area contributed by atoms with Crippen molar-refractivity contribution in [3.8, 4) is 0 Å². The minimum atomic E-state index is -1.44. The van der Waals surface area contributed by atoms with Crippen LogP contribution in [0.3, 0.4) is 0 Å². The van der Waals surface area contributed by atoms with E-state index in [0.29, 0.717) is 11.0 Å². The standard InChI is InChI=1S/C10H10N4O7/c11-7(15)3-13(4-8(16)17)10(19)6-1-5(14(20)21)2-12-9(6)18/h1-2H,3-4H2,(H2,11,15)(H,12,18)(H,16,17). The Balaban J connectivity index is 3.21. The number of H-pyrrole nitrogens is 1. The van der Waals surface area contributed by atoms with Crippen LogP contribution in [0.15, 0.2) is 17.1 Å². The van der Waals surface area contributed by atoms with Gasteiger partial charge in [-0.2, -0.15) is 0 Å². The highest BCUT2D eigenvalue weighted by Gasteiger charge is 2.24. The van der Waals surface area contributed by atoms with Gasteiger partial charge in [-0.15, -0.1) is 0 Å². The number of aromatic amines is 1. The number of primary amides is 1. The van der Waals surface area contributed by atoms with E-state index in [1.165, 1.54) is 0 Å². The van der Waals surface area contributed by atoms with Gasteiger partial charge in [-0.25, -0.2) is 0 Å². The first kappa shape index (κ1) is 15.8. The van der Waals surface area contributed by atoms with Crippen molar-refractivity contribution in [3.63, 3.8) is 0 Å². The number of pyridine rings is 1. The van der Waals surface area contributed by atoms with Crippen LogP contribution in [-0.4, -0.2) is 50.8 Å². The van der Waals surface area contributed by atoms with Gasteiger partial charge >= 0.3 is 5.97 Å². The number of carboxylic acids is 1. The Morgan fingerprint density at radius 1 is 1.38 bits per heavy atom. The number of carbonyl (C=O) groups is 3. The van der Waals surface area contributed by atoms with Gasteiger partial charge in [0.05, 0.1) is 11.1 Å². The van der Waals surface area contributed by atoms with Crippen LogP contribution in [0.1, 0.15) is 10.4 Å². The third-order valence-electron chi connectivity index (χ3n) is 2.29. The highest BCUT2D eigenvalue weighted by atomic mass is 16.6. The molecular weight excluding hydrogens is 288 g/mol. The quantitative estimate of drug-likeness (QED) is 0.413. The second-order valence-corrected chi connectivity index (χ2v) is 3.88. The van der Waals surface area contributed by atoms with E-state index in [2.05, 4.69) is 0 Å². The van der Waals surface area contributed by atoms with Crippen LogP contribution in [0.5, 0.6) is 0 Å². The van der Waals surface area contributed by atoms with E-state index in [4.69, 9.17) is 10.8 Å². The van der Waals surface area contributed by atoms with Crippen molar-refractivity contribution in [3.05, 3.63) is 38.3 Å². The summed E-state index contributed by atoms with van der Waals surface area (Å²) in [7, 11) is 0. The minimum absolute atomic E-state index is 0.499. The van der Waals surface area contributed by atoms with E-state index in [1.54, 1.807) is 0 Å². The molecule has 1 aromatic heterocycles. The predicted octanol–water partition coefficient (Wildman–Crippen LogP) is -1.70. The minimum Gasteiger partial charge on any atom is -0.480 e. The first-order valence-corrected chi connectivity index (χ1v) is 5.39. The van der Waals surface area contributed by atoms with Crippen molar-refractivity contribution >= 4 is 23.5 Å². The van der Waals surface area contributed by atoms with Crippen LogP contribution < -0.4 is 11.3 Å². The van der Waals surface area contributed by atoms with Crippen molar-refractivity contribution in [1.82, 2.24) is 9.88 Å². The summed E-state index contributed by atoms with van der Waals surface area (Å²) in [6.45, 7) is -1.63. The number of aromatic nitrogens is 1. The van der Waals surface area contributed by atoms with E-state index in [-0.39, 0.29) is 0 Å². The van der Waals surface area contributed by atoms with Crippen molar-refractivity contribution in [2.24, 2.45) is 5.73 Å². The van der Waals surface area contributed by atoms with Crippen LogP contribution in [-0.2, 0) is 9.59 Å². The van der Waals surface area contributed by atoms with Crippen LogP contribution in [0.4, 0.5) is 5.69 Å². The summed E-state index contributed by atoms with van der Waals surface area (Å²) in [5.74, 6) is -3.58. The van der Waals surface area contributed by atoms with E-state index < -0.39 is 52.6 Å². The molecule has 4 N–H and O–H groups in total. The number of rotatable bonds is 6. The van der Waals surface area contributed by atoms with Crippen LogP contribution in [0, 0.1) is 10.1 Å². The Labute approximate surface area is 116 Å². The fourth-order valence-electron chi connectivity index (χ4n) is 1.46. The fourth-order valence-corrected chi connectivity index (χ4v) is 1.46. The van der Waals surface area contributed by atoms with Crippen LogP contribution in [0.25, 0.3) is 0 Å².